The Kier molecular flexibility index (Phi) is 6.73. The third-order valence-corrected chi connectivity index (χ3v) is 8.37. The van der Waals surface area contributed by atoms with Crippen LogP contribution < -0.4 is 11.1 Å². The van der Waals surface area contributed by atoms with Gasteiger partial charge in [0.15, 0.2) is 0 Å². The quantitative estimate of drug-likeness (QED) is 0.638. The molecule has 1 unspecified atom stereocenters. The lowest BCUT2D eigenvalue weighted by atomic mass is 9.82. The molecule has 3 heterocycles. The summed E-state index contributed by atoms with van der Waals surface area (Å²) in [5.41, 5.74) is 9.28. The molecule has 8 nitrogen and oxygen atoms in total. The Morgan fingerprint density at radius 2 is 1.88 bits per heavy atom. The van der Waals surface area contributed by atoms with Crippen LogP contribution in [-0.2, 0) is 20.9 Å². The first-order chi connectivity index (χ1) is 16.4. The SMILES string of the molecule is CO[C@@H]1CC[C@@H](CN2CCC(c3ccc4c(c3)CN(C3CCC(=O)NC3=O)C4=O)CC2)C[C@H]1N. The smallest absolute Gasteiger partial charge is 0.255 e. The molecule has 3 amide bonds. The summed E-state index contributed by atoms with van der Waals surface area (Å²) in [5, 5.41) is 2.37. The number of methoxy groups -OCH3 is 1. The highest BCUT2D eigenvalue weighted by molar-refractivity contribution is 6.05. The van der Waals surface area contributed by atoms with Crippen molar-refractivity contribution < 1.29 is 19.1 Å². The number of hydrogen-bond acceptors (Lipinski definition) is 6. The lowest BCUT2D eigenvalue weighted by molar-refractivity contribution is -0.136. The molecule has 4 atom stereocenters. The highest BCUT2D eigenvalue weighted by atomic mass is 16.5. The van der Waals surface area contributed by atoms with E-state index in [1.54, 1.807) is 12.0 Å². The van der Waals surface area contributed by atoms with Crippen molar-refractivity contribution in [3.8, 4) is 0 Å². The van der Waals surface area contributed by atoms with Crippen LogP contribution in [0.2, 0.25) is 0 Å². The molecule has 0 bridgehead atoms. The number of fused-ring (bicyclic) bond motifs is 1. The second kappa shape index (κ2) is 9.76. The molecule has 4 aliphatic rings. The first-order valence-corrected chi connectivity index (χ1v) is 12.7. The van der Waals surface area contributed by atoms with Gasteiger partial charge in [0.2, 0.25) is 11.8 Å². The van der Waals surface area contributed by atoms with E-state index in [1.165, 1.54) is 12.0 Å². The average molecular weight is 469 g/mol. The largest absolute Gasteiger partial charge is 0.380 e. The first-order valence-electron chi connectivity index (χ1n) is 12.7. The molecular weight excluding hydrogens is 432 g/mol. The van der Waals surface area contributed by atoms with Gasteiger partial charge in [-0.1, -0.05) is 12.1 Å². The van der Waals surface area contributed by atoms with Crippen LogP contribution in [0.15, 0.2) is 18.2 Å². The average Bonchev–Trinajstić information content (AvgIpc) is 3.15. The predicted molar refractivity (Wildman–Crippen MR) is 127 cm³/mol. The molecule has 34 heavy (non-hydrogen) atoms. The molecule has 1 aromatic rings. The minimum atomic E-state index is -0.559. The van der Waals surface area contributed by atoms with Crippen molar-refractivity contribution in [1.82, 2.24) is 15.1 Å². The third-order valence-electron chi connectivity index (χ3n) is 8.37. The monoisotopic (exact) mass is 468 g/mol. The van der Waals surface area contributed by atoms with Crippen LogP contribution in [0, 0.1) is 5.92 Å². The van der Waals surface area contributed by atoms with Gasteiger partial charge in [0.05, 0.1) is 6.10 Å². The lowest BCUT2D eigenvalue weighted by Crippen LogP contribution is -2.52. The summed E-state index contributed by atoms with van der Waals surface area (Å²) < 4.78 is 5.50. The number of ether oxygens (including phenoxy) is 1. The van der Waals surface area contributed by atoms with E-state index in [4.69, 9.17) is 10.5 Å². The van der Waals surface area contributed by atoms with Crippen molar-refractivity contribution in [2.45, 2.75) is 75.6 Å². The zero-order valence-electron chi connectivity index (χ0n) is 20.0. The predicted octanol–water partition coefficient (Wildman–Crippen LogP) is 1.77. The number of carbonyl (C=O) groups is 3. The van der Waals surface area contributed by atoms with Gasteiger partial charge in [-0.2, -0.15) is 0 Å². The maximum absolute atomic E-state index is 12.9. The number of piperidine rings is 2. The number of nitrogens with two attached hydrogens (primary N) is 1. The second-order valence-corrected chi connectivity index (χ2v) is 10.5. The summed E-state index contributed by atoms with van der Waals surface area (Å²) in [7, 11) is 1.76. The van der Waals surface area contributed by atoms with Gasteiger partial charge >= 0.3 is 0 Å². The standard InChI is InChI=1S/C26H36N4O4/c1-34-23-6-2-16(12-21(23)27)14-29-10-8-17(9-11-29)18-3-4-20-19(13-18)15-30(26(20)33)22-5-7-24(31)28-25(22)32/h3-4,13,16-17,21-23H,2,5-12,14-15,27H2,1H3,(H,28,31,32)/t16-,21-,22?,23-/m1/s1. The Labute approximate surface area is 201 Å². The number of carbonyl (C=O) groups excluding carboxylic acids is 3. The number of rotatable bonds is 5. The zero-order valence-corrected chi connectivity index (χ0v) is 20.0. The van der Waals surface area contributed by atoms with Gasteiger partial charge in [-0.05, 0) is 80.6 Å². The summed E-state index contributed by atoms with van der Waals surface area (Å²) >= 11 is 0. The fourth-order valence-corrected chi connectivity index (χ4v) is 6.39. The van der Waals surface area contributed by atoms with Gasteiger partial charge in [0, 0.05) is 38.2 Å². The van der Waals surface area contributed by atoms with E-state index in [9.17, 15) is 14.4 Å². The van der Waals surface area contributed by atoms with E-state index < -0.39 is 6.04 Å². The molecule has 184 valence electrons. The van der Waals surface area contributed by atoms with Crippen LogP contribution in [0.1, 0.15) is 72.3 Å². The summed E-state index contributed by atoms with van der Waals surface area (Å²) in [4.78, 5) is 40.9. The number of nitrogens with zero attached hydrogens (tertiary/aromatic N) is 2. The van der Waals surface area contributed by atoms with E-state index in [0.29, 0.717) is 30.4 Å². The molecule has 2 saturated heterocycles. The van der Waals surface area contributed by atoms with Crippen LogP contribution in [0.4, 0.5) is 0 Å². The maximum atomic E-state index is 12.9. The number of imide groups is 1. The van der Waals surface area contributed by atoms with Gasteiger partial charge in [0.25, 0.3) is 5.91 Å². The normalized spacial score (nSPS) is 31.0. The topological polar surface area (TPSA) is 105 Å². The van der Waals surface area contributed by atoms with Gasteiger partial charge < -0.3 is 20.3 Å². The molecule has 8 heteroatoms. The van der Waals surface area contributed by atoms with Crippen molar-refractivity contribution in [2.24, 2.45) is 11.7 Å². The maximum Gasteiger partial charge on any atom is 0.255 e. The molecule has 0 aromatic heterocycles. The van der Waals surface area contributed by atoms with E-state index >= 15 is 0 Å². The number of benzene rings is 1. The highest BCUT2D eigenvalue weighted by Crippen LogP contribution is 2.34. The Bertz CT molecular complexity index is 958. The van der Waals surface area contributed by atoms with E-state index in [-0.39, 0.29) is 36.3 Å². The number of nitrogens with one attached hydrogen (secondary N) is 1. The van der Waals surface area contributed by atoms with Crippen molar-refractivity contribution in [3.63, 3.8) is 0 Å². The fraction of sp³-hybridized carbons (Fsp3) is 0.654. The molecule has 3 N–H and O–H groups in total. The Hall–Kier alpha value is -2.29. The van der Waals surface area contributed by atoms with Crippen molar-refractivity contribution in [1.29, 1.82) is 0 Å². The molecule has 5 rings (SSSR count). The van der Waals surface area contributed by atoms with Crippen molar-refractivity contribution in [2.75, 3.05) is 26.7 Å². The van der Waals surface area contributed by atoms with Gasteiger partial charge in [-0.25, -0.2) is 0 Å². The van der Waals surface area contributed by atoms with Crippen LogP contribution >= 0.6 is 0 Å². The Morgan fingerprint density at radius 3 is 2.59 bits per heavy atom. The van der Waals surface area contributed by atoms with Crippen molar-refractivity contribution >= 4 is 17.7 Å². The Morgan fingerprint density at radius 1 is 1.09 bits per heavy atom. The fourth-order valence-electron chi connectivity index (χ4n) is 6.39. The third kappa shape index (κ3) is 4.63. The van der Waals surface area contributed by atoms with Crippen LogP contribution in [0.5, 0.6) is 0 Å². The summed E-state index contributed by atoms with van der Waals surface area (Å²) in [6.07, 6.45) is 6.40. The molecule has 1 aliphatic carbocycles. The number of amides is 3. The van der Waals surface area contributed by atoms with Crippen LogP contribution in [0.25, 0.3) is 0 Å². The van der Waals surface area contributed by atoms with Crippen molar-refractivity contribution in [3.05, 3.63) is 34.9 Å². The molecule has 0 spiro atoms. The molecule has 3 aliphatic heterocycles. The summed E-state index contributed by atoms with van der Waals surface area (Å²) in [6, 6.07) is 5.79. The molecule has 1 saturated carbocycles. The first kappa shape index (κ1) is 23.5. The highest BCUT2D eigenvalue weighted by Gasteiger charge is 2.39. The molecule has 1 aromatic carbocycles. The van der Waals surface area contributed by atoms with Gasteiger partial charge in [0.1, 0.15) is 6.04 Å². The van der Waals surface area contributed by atoms with Crippen LogP contribution in [0.3, 0.4) is 0 Å². The Balaban J connectivity index is 1.16. The summed E-state index contributed by atoms with van der Waals surface area (Å²) in [6.45, 7) is 3.74. The van der Waals surface area contributed by atoms with Gasteiger partial charge in [-0.3, -0.25) is 19.7 Å². The molecule has 0 radical (unpaired) electrons. The second-order valence-electron chi connectivity index (χ2n) is 10.5. The minimum Gasteiger partial charge on any atom is -0.380 e. The number of likely N-dealkylation sites (tertiary alicyclic amines) is 1. The van der Waals surface area contributed by atoms with E-state index in [2.05, 4.69) is 22.3 Å². The lowest BCUT2D eigenvalue weighted by Gasteiger charge is -2.38. The molecule has 3 fully saturated rings. The van der Waals surface area contributed by atoms with E-state index in [0.717, 1.165) is 50.9 Å². The number of hydrogen-bond donors (Lipinski definition) is 2. The van der Waals surface area contributed by atoms with Crippen LogP contribution in [-0.4, -0.2) is 72.5 Å². The zero-order chi connectivity index (χ0) is 23.8. The molecular formula is C26H36N4O4. The van der Waals surface area contributed by atoms with E-state index in [1.807, 2.05) is 6.07 Å². The van der Waals surface area contributed by atoms with Gasteiger partial charge in [-0.15, -0.1) is 0 Å². The summed E-state index contributed by atoms with van der Waals surface area (Å²) in [5.74, 6) is 0.425. The minimum absolute atomic E-state index is 0.104.